The number of rotatable bonds is 9. The van der Waals surface area contributed by atoms with E-state index in [0.717, 1.165) is 12.8 Å². The molecule has 0 aliphatic rings. The molecule has 0 amide bonds. The van der Waals surface area contributed by atoms with Crippen LogP contribution in [0.5, 0.6) is 0 Å². The predicted octanol–water partition coefficient (Wildman–Crippen LogP) is 2.63. The van der Waals surface area contributed by atoms with Crippen LogP contribution in [0.4, 0.5) is 0 Å². The van der Waals surface area contributed by atoms with Crippen molar-refractivity contribution in [2.45, 2.75) is 64.8 Å². The van der Waals surface area contributed by atoms with E-state index in [9.17, 15) is 4.79 Å². The van der Waals surface area contributed by atoms with Crippen LogP contribution < -0.4 is 5.73 Å². The van der Waals surface area contributed by atoms with Gasteiger partial charge in [-0.25, -0.2) is 0 Å². The Kier molecular flexibility index (Phi) is 9.59. The van der Waals surface area contributed by atoms with Gasteiger partial charge in [-0.1, -0.05) is 45.4 Å². The van der Waals surface area contributed by atoms with E-state index in [1.807, 2.05) is 0 Å². The van der Waals surface area contributed by atoms with E-state index in [2.05, 4.69) is 6.92 Å². The van der Waals surface area contributed by atoms with Crippen molar-refractivity contribution in [1.29, 1.82) is 0 Å². The van der Waals surface area contributed by atoms with Crippen molar-refractivity contribution in [2.75, 3.05) is 6.61 Å². The number of unbranched alkanes of at least 4 members (excludes halogenated alkanes) is 5. The van der Waals surface area contributed by atoms with Crippen LogP contribution in [0.15, 0.2) is 0 Å². The molecule has 1 atom stereocenters. The van der Waals surface area contributed by atoms with Crippen molar-refractivity contribution in [3.63, 3.8) is 0 Å². The fourth-order valence-corrected chi connectivity index (χ4v) is 1.51. The molecule has 0 fully saturated rings. The van der Waals surface area contributed by atoms with Gasteiger partial charge < -0.3 is 10.5 Å². The highest BCUT2D eigenvalue weighted by Gasteiger charge is 2.13. The van der Waals surface area contributed by atoms with E-state index in [0.29, 0.717) is 6.61 Å². The van der Waals surface area contributed by atoms with Crippen molar-refractivity contribution < 1.29 is 9.53 Å². The van der Waals surface area contributed by atoms with Crippen LogP contribution in [0.1, 0.15) is 58.8 Å². The van der Waals surface area contributed by atoms with E-state index in [1.54, 1.807) is 6.92 Å². The molecular weight excluding hydrogens is 190 g/mol. The van der Waals surface area contributed by atoms with Gasteiger partial charge in [0.1, 0.15) is 6.04 Å². The van der Waals surface area contributed by atoms with Gasteiger partial charge in [-0.3, -0.25) is 4.79 Å². The Bertz CT molecular complexity index is 160. The summed E-state index contributed by atoms with van der Waals surface area (Å²) in [6.07, 6.45) is 8.09. The maximum Gasteiger partial charge on any atom is 0.322 e. The molecule has 0 aromatic rings. The van der Waals surface area contributed by atoms with Crippen LogP contribution in [-0.2, 0) is 9.53 Å². The average Bonchev–Trinajstić information content (AvgIpc) is 2.23. The van der Waals surface area contributed by atoms with Gasteiger partial charge in [-0.05, 0) is 13.3 Å². The number of carbonyl (C=O) groups excluding carboxylic acids is 1. The lowest BCUT2D eigenvalue weighted by molar-refractivity contribution is -0.144. The molecule has 0 aromatic heterocycles. The summed E-state index contributed by atoms with van der Waals surface area (Å²) < 4.78 is 4.84. The topological polar surface area (TPSA) is 52.3 Å². The highest BCUT2D eigenvalue weighted by molar-refractivity contribution is 5.75. The Morgan fingerprint density at radius 3 is 2.33 bits per heavy atom. The van der Waals surface area contributed by atoms with Crippen LogP contribution in [0.2, 0.25) is 0 Å². The number of hydrogen-bond donors (Lipinski definition) is 1. The molecule has 0 unspecified atom stereocenters. The number of carbonyl (C=O) groups is 1. The maximum atomic E-state index is 11.2. The lowest BCUT2D eigenvalue weighted by Gasteiger charge is -2.09. The molecule has 0 radical (unpaired) electrons. The first-order chi connectivity index (χ1) is 7.22. The molecule has 0 aliphatic carbocycles. The van der Waals surface area contributed by atoms with Gasteiger partial charge in [0.15, 0.2) is 0 Å². The fraction of sp³-hybridized carbons (Fsp3) is 0.917. The molecule has 0 rings (SSSR count). The van der Waals surface area contributed by atoms with Crippen molar-refractivity contribution in [1.82, 2.24) is 0 Å². The second-order valence-electron chi connectivity index (χ2n) is 3.91. The smallest absolute Gasteiger partial charge is 0.322 e. The second kappa shape index (κ2) is 9.97. The molecule has 2 N–H and O–H groups in total. The summed E-state index contributed by atoms with van der Waals surface area (Å²) in [5.74, 6) is -0.258. The third kappa shape index (κ3) is 8.43. The largest absolute Gasteiger partial charge is 0.465 e. The number of nitrogens with two attached hydrogens (primary N) is 1. The monoisotopic (exact) mass is 215 g/mol. The summed E-state index contributed by atoms with van der Waals surface area (Å²) in [5, 5.41) is 0. The highest BCUT2D eigenvalue weighted by Crippen LogP contribution is 2.08. The van der Waals surface area contributed by atoms with Crippen LogP contribution in [0.25, 0.3) is 0 Å². The van der Waals surface area contributed by atoms with Crippen molar-refractivity contribution in [3.8, 4) is 0 Å². The molecule has 0 heterocycles. The predicted molar refractivity (Wildman–Crippen MR) is 62.6 cm³/mol. The first-order valence-corrected chi connectivity index (χ1v) is 6.14. The summed E-state index contributed by atoms with van der Waals surface area (Å²) in [6, 6.07) is -0.420. The minimum Gasteiger partial charge on any atom is -0.465 e. The third-order valence-corrected chi connectivity index (χ3v) is 2.46. The lowest BCUT2D eigenvalue weighted by Crippen LogP contribution is -2.32. The van der Waals surface area contributed by atoms with Crippen molar-refractivity contribution in [2.24, 2.45) is 5.73 Å². The van der Waals surface area contributed by atoms with Gasteiger partial charge in [0.2, 0.25) is 0 Å². The third-order valence-electron chi connectivity index (χ3n) is 2.46. The van der Waals surface area contributed by atoms with Gasteiger partial charge in [-0.2, -0.15) is 0 Å². The first kappa shape index (κ1) is 14.4. The van der Waals surface area contributed by atoms with Crippen LogP contribution in [0, 0.1) is 0 Å². The van der Waals surface area contributed by atoms with Crippen molar-refractivity contribution >= 4 is 5.97 Å². The fourth-order valence-electron chi connectivity index (χ4n) is 1.51. The molecule has 0 aliphatic heterocycles. The van der Waals surface area contributed by atoms with Crippen molar-refractivity contribution in [3.05, 3.63) is 0 Å². The summed E-state index contributed by atoms with van der Waals surface area (Å²) in [7, 11) is 0. The Morgan fingerprint density at radius 2 is 1.73 bits per heavy atom. The van der Waals surface area contributed by atoms with E-state index in [4.69, 9.17) is 10.5 Å². The van der Waals surface area contributed by atoms with E-state index < -0.39 is 6.04 Å². The molecule has 0 aromatic carbocycles. The highest BCUT2D eigenvalue weighted by atomic mass is 16.5. The summed E-state index contributed by atoms with van der Waals surface area (Å²) >= 11 is 0. The average molecular weight is 215 g/mol. The standard InChI is InChI=1S/C12H25NO2/c1-3-5-6-7-8-9-10-11(13)12(14)15-4-2/h11H,3-10,13H2,1-2H3/t11-/m0/s1. The van der Waals surface area contributed by atoms with Gasteiger partial charge in [-0.15, -0.1) is 0 Å². The van der Waals surface area contributed by atoms with Gasteiger partial charge in [0.25, 0.3) is 0 Å². The minimum atomic E-state index is -0.420. The zero-order valence-corrected chi connectivity index (χ0v) is 10.1. The first-order valence-electron chi connectivity index (χ1n) is 6.14. The molecular formula is C12H25NO2. The normalized spacial score (nSPS) is 12.5. The molecule has 0 spiro atoms. The Hall–Kier alpha value is -0.570. The zero-order chi connectivity index (χ0) is 11.5. The van der Waals surface area contributed by atoms with E-state index in [1.165, 1.54) is 32.1 Å². The van der Waals surface area contributed by atoms with Gasteiger partial charge in [0.05, 0.1) is 6.61 Å². The molecule has 0 bridgehead atoms. The minimum absolute atomic E-state index is 0.258. The molecule has 3 nitrogen and oxygen atoms in total. The lowest BCUT2D eigenvalue weighted by atomic mass is 10.1. The van der Waals surface area contributed by atoms with Gasteiger partial charge in [0, 0.05) is 0 Å². The van der Waals surface area contributed by atoms with Crippen LogP contribution in [0.3, 0.4) is 0 Å². The molecule has 90 valence electrons. The number of esters is 1. The molecule has 15 heavy (non-hydrogen) atoms. The Balaban J connectivity index is 3.30. The molecule has 0 saturated heterocycles. The van der Waals surface area contributed by atoms with Crippen LogP contribution in [-0.4, -0.2) is 18.6 Å². The summed E-state index contributed by atoms with van der Waals surface area (Å²) in [6.45, 7) is 4.43. The summed E-state index contributed by atoms with van der Waals surface area (Å²) in [4.78, 5) is 11.2. The van der Waals surface area contributed by atoms with E-state index in [-0.39, 0.29) is 5.97 Å². The van der Waals surface area contributed by atoms with Gasteiger partial charge >= 0.3 is 5.97 Å². The molecule has 3 heteroatoms. The maximum absolute atomic E-state index is 11.2. The summed E-state index contributed by atoms with van der Waals surface area (Å²) in [5.41, 5.74) is 5.67. The van der Waals surface area contributed by atoms with E-state index >= 15 is 0 Å². The zero-order valence-electron chi connectivity index (χ0n) is 10.1. The number of ether oxygens (including phenoxy) is 1. The molecule has 0 saturated carbocycles. The SMILES string of the molecule is CCCCCCCC[C@H](N)C(=O)OCC. The quantitative estimate of drug-likeness (QED) is 0.475. The number of hydrogen-bond acceptors (Lipinski definition) is 3. The van der Waals surface area contributed by atoms with Crippen LogP contribution >= 0.6 is 0 Å². The second-order valence-corrected chi connectivity index (χ2v) is 3.91. The Labute approximate surface area is 93.4 Å². The Morgan fingerprint density at radius 1 is 1.13 bits per heavy atom.